The molecule has 102 valence electrons. The number of rotatable bonds is 4. The lowest BCUT2D eigenvalue weighted by Gasteiger charge is -2.21. The first-order valence-electron chi connectivity index (χ1n) is 5.69. The Bertz CT molecular complexity index is 509. The van der Waals surface area contributed by atoms with Crippen LogP contribution in [0.2, 0.25) is 4.47 Å². The second kappa shape index (κ2) is 6.09. The average molecular weight is 327 g/mol. The van der Waals surface area contributed by atoms with Crippen molar-refractivity contribution >= 4 is 44.7 Å². The number of aromatic nitrogens is 1. The Morgan fingerprint density at radius 2 is 2.11 bits per heavy atom. The Morgan fingerprint density at radius 3 is 2.67 bits per heavy atom. The predicted molar refractivity (Wildman–Crippen MR) is 77.1 cm³/mol. The normalized spacial score (nSPS) is 18.1. The molecule has 1 aliphatic heterocycles. The van der Waals surface area contributed by atoms with Gasteiger partial charge in [-0.15, -0.1) is 0 Å². The molecule has 0 spiro atoms. The Hall–Kier alpha value is 0.180. The van der Waals surface area contributed by atoms with Gasteiger partial charge in [-0.05, 0) is 37.2 Å². The molecule has 1 aromatic rings. The van der Waals surface area contributed by atoms with Crippen LogP contribution in [0.5, 0.6) is 0 Å². The monoisotopic (exact) mass is 326 g/mol. The zero-order chi connectivity index (χ0) is 13.2. The topological polar surface area (TPSA) is 59.1 Å². The van der Waals surface area contributed by atoms with E-state index in [1.54, 1.807) is 6.92 Å². The first kappa shape index (κ1) is 14.6. The van der Waals surface area contributed by atoms with Crippen LogP contribution in [0.25, 0.3) is 0 Å². The summed E-state index contributed by atoms with van der Waals surface area (Å²) in [5.74, 6) is 2.69. The average Bonchev–Trinajstić information content (AvgIpc) is 2.68. The minimum Gasteiger partial charge on any atom is -0.229 e. The number of hydrogen-bond donors (Lipinski definition) is 1. The highest BCUT2D eigenvalue weighted by molar-refractivity contribution is 7.99. The van der Waals surface area contributed by atoms with E-state index in [2.05, 4.69) is 9.71 Å². The molecule has 4 nitrogen and oxygen atoms in total. The predicted octanol–water partition coefficient (Wildman–Crippen LogP) is 2.53. The summed E-state index contributed by atoms with van der Waals surface area (Å²) in [6.07, 6.45) is 2.16. The van der Waals surface area contributed by atoms with Gasteiger partial charge >= 0.3 is 0 Å². The molecular weight excluding hydrogens is 312 g/mol. The fraction of sp³-hybridized carbons (Fsp3) is 0.700. The van der Waals surface area contributed by atoms with E-state index in [0.29, 0.717) is 18.2 Å². The van der Waals surface area contributed by atoms with Crippen LogP contribution in [0.3, 0.4) is 0 Å². The molecule has 1 fully saturated rings. The van der Waals surface area contributed by atoms with Crippen LogP contribution < -0.4 is 4.72 Å². The van der Waals surface area contributed by atoms with E-state index >= 15 is 0 Å². The maximum Gasteiger partial charge on any atom is 0.251 e. The molecular formula is C10H15ClN2O2S3. The zero-order valence-electron chi connectivity index (χ0n) is 9.98. The first-order valence-corrected chi connectivity index (χ1v) is 9.52. The van der Waals surface area contributed by atoms with E-state index in [0.717, 1.165) is 35.7 Å². The fourth-order valence-electron chi connectivity index (χ4n) is 1.84. The van der Waals surface area contributed by atoms with E-state index in [-0.39, 0.29) is 8.68 Å². The number of nitrogens with zero attached hydrogens (tertiary/aromatic N) is 1. The number of thioether (sulfide) groups is 1. The van der Waals surface area contributed by atoms with E-state index < -0.39 is 10.0 Å². The highest BCUT2D eigenvalue weighted by Crippen LogP contribution is 2.27. The van der Waals surface area contributed by atoms with Gasteiger partial charge in [-0.1, -0.05) is 22.9 Å². The number of halogens is 1. The van der Waals surface area contributed by atoms with Gasteiger partial charge in [0, 0.05) is 6.54 Å². The van der Waals surface area contributed by atoms with Crippen molar-refractivity contribution in [2.45, 2.75) is 24.0 Å². The van der Waals surface area contributed by atoms with Gasteiger partial charge in [0.2, 0.25) is 0 Å². The second-order valence-electron chi connectivity index (χ2n) is 4.25. The minimum atomic E-state index is -3.45. The highest BCUT2D eigenvalue weighted by atomic mass is 35.5. The van der Waals surface area contributed by atoms with Crippen molar-refractivity contribution in [2.75, 3.05) is 18.1 Å². The number of sulfonamides is 1. The Balaban J connectivity index is 2.01. The third-order valence-electron chi connectivity index (χ3n) is 2.87. The van der Waals surface area contributed by atoms with Gasteiger partial charge in [0.25, 0.3) is 10.0 Å². The molecule has 1 aliphatic rings. The third-order valence-corrected chi connectivity index (χ3v) is 7.22. The Labute approximate surface area is 121 Å². The number of thiazole rings is 1. The van der Waals surface area contributed by atoms with Crippen LogP contribution in [0.4, 0.5) is 0 Å². The summed E-state index contributed by atoms with van der Waals surface area (Å²) >= 11 is 8.67. The Morgan fingerprint density at radius 1 is 1.44 bits per heavy atom. The molecule has 0 aromatic carbocycles. The van der Waals surface area contributed by atoms with Gasteiger partial charge in [0.1, 0.15) is 0 Å². The molecule has 2 heterocycles. The van der Waals surface area contributed by atoms with Crippen molar-refractivity contribution in [1.82, 2.24) is 9.71 Å². The van der Waals surface area contributed by atoms with Crippen LogP contribution in [-0.2, 0) is 10.0 Å². The molecule has 1 aromatic heterocycles. The summed E-state index contributed by atoms with van der Waals surface area (Å²) in [6.45, 7) is 2.17. The van der Waals surface area contributed by atoms with Crippen molar-refractivity contribution in [3.05, 3.63) is 10.2 Å². The molecule has 2 rings (SSSR count). The number of nitrogens with one attached hydrogen (secondary N) is 1. The van der Waals surface area contributed by atoms with E-state index in [1.165, 1.54) is 0 Å². The van der Waals surface area contributed by atoms with Gasteiger partial charge in [-0.25, -0.2) is 18.1 Å². The maximum atomic E-state index is 12.1. The molecule has 18 heavy (non-hydrogen) atoms. The van der Waals surface area contributed by atoms with Crippen molar-refractivity contribution in [1.29, 1.82) is 0 Å². The van der Waals surface area contributed by atoms with E-state index in [9.17, 15) is 8.42 Å². The minimum absolute atomic E-state index is 0.234. The van der Waals surface area contributed by atoms with Crippen LogP contribution in [0.1, 0.15) is 18.5 Å². The van der Waals surface area contributed by atoms with Gasteiger partial charge in [0.05, 0.1) is 5.69 Å². The quantitative estimate of drug-likeness (QED) is 0.923. The lowest BCUT2D eigenvalue weighted by Crippen LogP contribution is -2.31. The third kappa shape index (κ3) is 3.60. The van der Waals surface area contributed by atoms with Gasteiger partial charge < -0.3 is 0 Å². The number of aryl methyl sites for hydroxylation is 1. The summed E-state index contributed by atoms with van der Waals surface area (Å²) in [6, 6.07) is 0. The second-order valence-corrected chi connectivity index (χ2v) is 9.02. The smallest absolute Gasteiger partial charge is 0.229 e. The van der Waals surface area contributed by atoms with E-state index in [1.807, 2.05) is 11.8 Å². The number of hydrogen-bond acceptors (Lipinski definition) is 5. The zero-order valence-corrected chi connectivity index (χ0v) is 13.2. The van der Waals surface area contributed by atoms with Crippen molar-refractivity contribution in [3.8, 4) is 0 Å². The molecule has 0 amide bonds. The van der Waals surface area contributed by atoms with Crippen LogP contribution in [0.15, 0.2) is 4.21 Å². The van der Waals surface area contributed by atoms with Crippen LogP contribution in [-0.4, -0.2) is 31.5 Å². The van der Waals surface area contributed by atoms with Crippen molar-refractivity contribution < 1.29 is 8.42 Å². The van der Waals surface area contributed by atoms with Gasteiger partial charge in [0.15, 0.2) is 8.68 Å². The summed E-state index contributed by atoms with van der Waals surface area (Å²) in [4.78, 5) is 3.93. The molecule has 0 bridgehead atoms. The largest absolute Gasteiger partial charge is 0.251 e. The molecule has 8 heteroatoms. The lowest BCUT2D eigenvalue weighted by atomic mass is 10.0. The lowest BCUT2D eigenvalue weighted by molar-refractivity contribution is 0.477. The Kier molecular flexibility index (Phi) is 4.93. The molecule has 0 radical (unpaired) electrons. The van der Waals surface area contributed by atoms with Crippen LogP contribution in [0, 0.1) is 12.8 Å². The SMILES string of the molecule is Cc1nc(Cl)sc1S(=O)(=O)NCC1CCSCC1. The fourth-order valence-corrected chi connectivity index (χ4v) is 5.95. The van der Waals surface area contributed by atoms with Crippen molar-refractivity contribution in [3.63, 3.8) is 0 Å². The molecule has 1 N–H and O–H groups in total. The van der Waals surface area contributed by atoms with Crippen molar-refractivity contribution in [2.24, 2.45) is 5.92 Å². The summed E-state index contributed by atoms with van der Waals surface area (Å²) in [5.41, 5.74) is 0.469. The molecule has 1 saturated heterocycles. The first-order chi connectivity index (χ1) is 8.49. The molecule has 0 saturated carbocycles. The maximum absolute atomic E-state index is 12.1. The summed E-state index contributed by atoms with van der Waals surface area (Å²) in [7, 11) is -3.45. The molecule has 0 atom stereocenters. The van der Waals surface area contributed by atoms with Gasteiger partial charge in [-0.3, -0.25) is 0 Å². The van der Waals surface area contributed by atoms with Crippen LogP contribution >= 0.6 is 34.7 Å². The summed E-state index contributed by atoms with van der Waals surface area (Å²) in [5, 5.41) is 0. The molecule has 0 unspecified atom stereocenters. The standard InChI is InChI=1S/C10H15ClN2O2S3/c1-7-9(17-10(11)13-7)18(14,15)12-6-8-2-4-16-5-3-8/h8,12H,2-6H2,1H3. The molecule has 0 aliphatic carbocycles. The van der Waals surface area contributed by atoms with Gasteiger partial charge in [-0.2, -0.15) is 11.8 Å². The van der Waals surface area contributed by atoms with E-state index in [4.69, 9.17) is 11.6 Å². The highest BCUT2D eigenvalue weighted by Gasteiger charge is 2.23. The summed E-state index contributed by atoms with van der Waals surface area (Å²) < 4.78 is 27.4.